The number of hydrogen-bond acceptors (Lipinski definition) is 4. The van der Waals surface area contributed by atoms with Gasteiger partial charge in [-0.2, -0.15) is 0 Å². The maximum absolute atomic E-state index is 12.8. The minimum absolute atomic E-state index is 0.0937. The molecule has 2 aromatic rings. The molecular formula is C14H7Br4N3O4. The smallest absolute Gasteiger partial charge is 0.263 e. The summed E-state index contributed by atoms with van der Waals surface area (Å²) in [6, 6.07) is -1.45. The molecule has 2 amide bonds. The number of hydrogen-bond donors (Lipinski definition) is 1. The standard InChI is InChI=1S/C14H7Br4N3O4/c15-8-6-7(9(16)11(18)10(8)17)13(23)21(12(6)22)5(14(24)25)1-4-2-19-3-20-4/h2-3,5H,1H2,(H,19,20)(H,24,25). The third-order valence-electron chi connectivity index (χ3n) is 3.73. The number of carbonyl (C=O) groups excluding carboxylic acids is 3. The van der Waals surface area contributed by atoms with Gasteiger partial charge >= 0.3 is 0 Å². The Labute approximate surface area is 174 Å². The van der Waals surface area contributed by atoms with E-state index in [1.165, 1.54) is 6.33 Å². The van der Waals surface area contributed by atoms with Crippen LogP contribution >= 0.6 is 63.7 Å². The predicted molar refractivity (Wildman–Crippen MR) is 97.6 cm³/mol. The summed E-state index contributed by atoms with van der Waals surface area (Å²) in [5.41, 5.74) is 0.707. The summed E-state index contributed by atoms with van der Waals surface area (Å²) in [5, 5.41) is 11.6. The van der Waals surface area contributed by atoms with Gasteiger partial charge in [0.15, 0.2) is 0 Å². The van der Waals surface area contributed by atoms with Crippen LogP contribution in [0.15, 0.2) is 30.4 Å². The summed E-state index contributed by atoms with van der Waals surface area (Å²) in [6.45, 7) is 0. The van der Waals surface area contributed by atoms with Crippen LogP contribution in [0.5, 0.6) is 0 Å². The lowest BCUT2D eigenvalue weighted by molar-refractivity contribution is -0.376. The molecule has 3 rings (SSSR count). The van der Waals surface area contributed by atoms with E-state index < -0.39 is 23.8 Å². The minimum atomic E-state index is -1.52. The number of benzene rings is 1. The molecule has 1 aliphatic heterocycles. The summed E-state index contributed by atoms with van der Waals surface area (Å²) in [6.07, 6.45) is 2.95. The number of aromatic amines is 2. The number of carboxylic acid groups (broad SMARTS) is 1. The van der Waals surface area contributed by atoms with Crippen LogP contribution in [0.25, 0.3) is 0 Å². The van der Waals surface area contributed by atoms with Gasteiger partial charge < -0.3 is 9.90 Å². The average Bonchev–Trinajstić information content (AvgIpc) is 3.15. The summed E-state index contributed by atoms with van der Waals surface area (Å²) in [4.78, 5) is 43.6. The van der Waals surface area contributed by atoms with Crippen LogP contribution in [0, 0.1) is 0 Å². The van der Waals surface area contributed by atoms with Crippen LogP contribution < -0.4 is 10.1 Å². The number of nitrogens with zero attached hydrogens (tertiary/aromatic N) is 1. The Morgan fingerprint density at radius 1 is 1.08 bits per heavy atom. The Bertz CT molecular complexity index is 867. The van der Waals surface area contributed by atoms with Gasteiger partial charge in [0, 0.05) is 24.3 Å². The molecule has 0 saturated carbocycles. The number of halogens is 4. The van der Waals surface area contributed by atoms with Crippen LogP contribution in [0.2, 0.25) is 0 Å². The molecule has 25 heavy (non-hydrogen) atoms. The number of H-pyrrole nitrogens is 2. The Hall–Kier alpha value is -1.04. The molecule has 0 saturated heterocycles. The number of amides is 2. The Kier molecular flexibility index (Phi) is 5.20. The van der Waals surface area contributed by atoms with Crippen LogP contribution in [0.1, 0.15) is 26.4 Å². The molecule has 2 N–H and O–H groups in total. The number of imide groups is 1. The van der Waals surface area contributed by atoms with E-state index in [1.807, 2.05) is 0 Å². The zero-order chi connectivity index (χ0) is 18.5. The molecule has 2 heterocycles. The SMILES string of the molecule is O=C([O-])C(Cc1c[nH+]c[nH]1)N1C(=O)c2c(Br)c(Br)c(Br)c(Br)c2C1=O. The summed E-state index contributed by atoms with van der Waals surface area (Å²) >= 11 is 13.2. The number of carboxylic acids is 1. The molecule has 1 aromatic carbocycles. The van der Waals surface area contributed by atoms with Crippen molar-refractivity contribution in [2.24, 2.45) is 0 Å². The van der Waals surface area contributed by atoms with E-state index in [2.05, 4.69) is 73.7 Å². The molecule has 1 aromatic heterocycles. The molecule has 7 nitrogen and oxygen atoms in total. The van der Waals surface area contributed by atoms with Gasteiger partial charge in [0.2, 0.25) is 6.33 Å². The van der Waals surface area contributed by atoms with Crippen molar-refractivity contribution in [3.8, 4) is 0 Å². The Morgan fingerprint density at radius 3 is 2.00 bits per heavy atom. The van der Waals surface area contributed by atoms with Gasteiger partial charge in [0.05, 0.1) is 23.1 Å². The number of aliphatic carboxylic acids is 1. The van der Waals surface area contributed by atoms with Crippen molar-refractivity contribution in [1.29, 1.82) is 0 Å². The number of nitrogens with one attached hydrogen (secondary N) is 2. The quantitative estimate of drug-likeness (QED) is 0.328. The van der Waals surface area contributed by atoms with E-state index >= 15 is 0 Å². The Morgan fingerprint density at radius 2 is 1.60 bits per heavy atom. The van der Waals surface area contributed by atoms with E-state index in [-0.39, 0.29) is 17.5 Å². The molecule has 0 spiro atoms. The number of fused-ring (bicyclic) bond motifs is 1. The van der Waals surface area contributed by atoms with E-state index in [0.29, 0.717) is 23.6 Å². The van der Waals surface area contributed by atoms with Gasteiger partial charge in [0.1, 0.15) is 11.9 Å². The molecule has 1 atom stereocenters. The summed E-state index contributed by atoms with van der Waals surface area (Å²) < 4.78 is 1.79. The first kappa shape index (κ1) is 18.7. The second-order valence-corrected chi connectivity index (χ2v) is 8.32. The molecule has 1 aliphatic rings. The fraction of sp³-hybridized carbons (Fsp3) is 0.143. The maximum Gasteiger partial charge on any atom is 0.263 e. The fourth-order valence-electron chi connectivity index (χ4n) is 2.57. The first-order valence-electron chi connectivity index (χ1n) is 6.73. The van der Waals surface area contributed by atoms with Crippen molar-refractivity contribution < 1.29 is 24.5 Å². The van der Waals surface area contributed by atoms with E-state index in [9.17, 15) is 19.5 Å². The number of rotatable bonds is 4. The zero-order valence-electron chi connectivity index (χ0n) is 12.0. The predicted octanol–water partition coefficient (Wildman–Crippen LogP) is 1.84. The summed E-state index contributed by atoms with van der Waals surface area (Å²) in [7, 11) is 0. The van der Waals surface area contributed by atoms with Gasteiger partial charge in [-0.1, -0.05) is 0 Å². The van der Waals surface area contributed by atoms with Crippen molar-refractivity contribution in [3.05, 3.63) is 47.2 Å². The third kappa shape index (κ3) is 3.00. The molecular weight excluding hydrogens is 594 g/mol. The lowest BCUT2D eigenvalue weighted by Gasteiger charge is -2.25. The number of imidazole rings is 1. The third-order valence-corrected chi connectivity index (χ3v) is 8.50. The van der Waals surface area contributed by atoms with E-state index in [4.69, 9.17) is 0 Å². The highest BCUT2D eigenvalue weighted by atomic mass is 79.9. The van der Waals surface area contributed by atoms with Gasteiger partial charge in [-0.05, 0) is 63.7 Å². The van der Waals surface area contributed by atoms with Gasteiger partial charge in [-0.25, -0.2) is 4.98 Å². The lowest BCUT2D eigenvalue weighted by Crippen LogP contribution is -2.51. The van der Waals surface area contributed by atoms with Gasteiger partial charge in [0.25, 0.3) is 11.8 Å². The van der Waals surface area contributed by atoms with Crippen molar-refractivity contribution >= 4 is 81.5 Å². The van der Waals surface area contributed by atoms with Crippen LogP contribution in [0.4, 0.5) is 0 Å². The van der Waals surface area contributed by atoms with Crippen molar-refractivity contribution in [1.82, 2.24) is 9.88 Å². The molecule has 130 valence electrons. The van der Waals surface area contributed by atoms with Crippen molar-refractivity contribution in [3.63, 3.8) is 0 Å². The second-order valence-electron chi connectivity index (χ2n) is 5.15. The molecule has 1 unspecified atom stereocenters. The average molecular weight is 601 g/mol. The van der Waals surface area contributed by atoms with Crippen LogP contribution in [-0.4, -0.2) is 33.7 Å². The van der Waals surface area contributed by atoms with E-state index in [0.717, 1.165) is 4.90 Å². The zero-order valence-corrected chi connectivity index (χ0v) is 18.4. The topological polar surface area (TPSA) is 107 Å². The normalized spacial score (nSPS) is 14.8. The lowest BCUT2D eigenvalue weighted by atomic mass is 10.1. The fourth-order valence-corrected chi connectivity index (χ4v) is 5.03. The molecule has 0 bridgehead atoms. The van der Waals surface area contributed by atoms with Crippen LogP contribution in [-0.2, 0) is 11.2 Å². The molecule has 0 aliphatic carbocycles. The number of aromatic nitrogens is 2. The van der Waals surface area contributed by atoms with Gasteiger partial charge in [-0.3, -0.25) is 19.5 Å². The molecule has 0 fully saturated rings. The van der Waals surface area contributed by atoms with Crippen LogP contribution in [0.3, 0.4) is 0 Å². The highest BCUT2D eigenvalue weighted by molar-refractivity contribution is 9.15. The Balaban J connectivity index is 2.11. The number of carbonyl (C=O) groups is 3. The van der Waals surface area contributed by atoms with E-state index in [1.54, 1.807) is 6.20 Å². The van der Waals surface area contributed by atoms with Crippen molar-refractivity contribution in [2.45, 2.75) is 12.5 Å². The molecule has 11 heteroatoms. The monoisotopic (exact) mass is 597 g/mol. The molecule has 0 radical (unpaired) electrons. The largest absolute Gasteiger partial charge is 0.548 e. The minimum Gasteiger partial charge on any atom is -0.548 e. The second kappa shape index (κ2) is 6.93. The highest BCUT2D eigenvalue weighted by Crippen LogP contribution is 2.45. The summed E-state index contributed by atoms with van der Waals surface area (Å²) in [5.74, 6) is -2.93. The first-order valence-corrected chi connectivity index (χ1v) is 9.91. The van der Waals surface area contributed by atoms with Crippen molar-refractivity contribution in [2.75, 3.05) is 0 Å². The highest BCUT2D eigenvalue weighted by Gasteiger charge is 2.45. The maximum atomic E-state index is 12.8. The first-order chi connectivity index (χ1) is 11.8. The van der Waals surface area contributed by atoms with Gasteiger partial charge in [-0.15, -0.1) is 0 Å².